The fourth-order valence-corrected chi connectivity index (χ4v) is 2.70. The summed E-state index contributed by atoms with van der Waals surface area (Å²) in [6, 6.07) is 0.651. The molecule has 0 bridgehead atoms. The monoisotopic (exact) mass is 209 g/mol. The molecule has 0 amide bonds. The Hall–Kier alpha value is -0.300. The van der Waals surface area contributed by atoms with Crippen molar-refractivity contribution in [2.24, 2.45) is 11.3 Å². The van der Waals surface area contributed by atoms with E-state index in [0.717, 1.165) is 12.3 Å². The van der Waals surface area contributed by atoms with Gasteiger partial charge in [-0.05, 0) is 57.4 Å². The Kier molecular flexibility index (Phi) is 4.39. The van der Waals surface area contributed by atoms with Crippen molar-refractivity contribution in [1.29, 1.82) is 0 Å². The van der Waals surface area contributed by atoms with Gasteiger partial charge in [-0.3, -0.25) is 0 Å². The molecule has 1 atom stereocenters. The van der Waals surface area contributed by atoms with Gasteiger partial charge in [-0.25, -0.2) is 0 Å². The summed E-state index contributed by atoms with van der Waals surface area (Å²) in [6.07, 6.45) is 6.66. The summed E-state index contributed by atoms with van der Waals surface area (Å²) in [6.45, 7) is 11.0. The number of nitrogens with one attached hydrogen (secondary N) is 1. The first-order valence-corrected chi connectivity index (χ1v) is 6.26. The summed E-state index contributed by atoms with van der Waals surface area (Å²) in [5.41, 5.74) is 1.89. The molecule has 1 aliphatic rings. The van der Waals surface area contributed by atoms with Crippen molar-refractivity contribution < 1.29 is 0 Å². The van der Waals surface area contributed by atoms with Crippen molar-refractivity contribution in [3.05, 3.63) is 12.2 Å². The van der Waals surface area contributed by atoms with Gasteiger partial charge in [0.15, 0.2) is 0 Å². The van der Waals surface area contributed by atoms with Crippen LogP contribution >= 0.6 is 0 Å². The maximum Gasteiger partial charge on any atom is 0.0129 e. The number of hydrogen-bond acceptors (Lipinski definition) is 1. The summed E-state index contributed by atoms with van der Waals surface area (Å²) in [5.74, 6) is 0.861. The van der Waals surface area contributed by atoms with Crippen LogP contribution in [-0.4, -0.2) is 13.1 Å². The van der Waals surface area contributed by atoms with Gasteiger partial charge in [-0.1, -0.05) is 19.4 Å². The Morgan fingerprint density at radius 2 is 1.93 bits per heavy atom. The summed E-state index contributed by atoms with van der Waals surface area (Å²) in [5, 5.41) is 3.47. The third-order valence-corrected chi connectivity index (χ3v) is 3.89. The minimum Gasteiger partial charge on any atom is -0.316 e. The first-order valence-electron chi connectivity index (χ1n) is 6.26. The first-order chi connectivity index (χ1) is 6.94. The largest absolute Gasteiger partial charge is 0.316 e. The predicted octanol–water partition coefficient (Wildman–Crippen LogP) is 3.76. The number of rotatable bonds is 4. The molecule has 1 fully saturated rings. The second kappa shape index (κ2) is 5.16. The Balaban J connectivity index is 2.46. The molecule has 0 aromatic carbocycles. The van der Waals surface area contributed by atoms with Crippen molar-refractivity contribution >= 4 is 0 Å². The van der Waals surface area contributed by atoms with Gasteiger partial charge in [0.1, 0.15) is 0 Å². The molecule has 1 heteroatoms. The summed E-state index contributed by atoms with van der Waals surface area (Å²) < 4.78 is 0. The highest BCUT2D eigenvalue weighted by Crippen LogP contribution is 2.39. The zero-order valence-corrected chi connectivity index (χ0v) is 10.9. The minimum absolute atomic E-state index is 0.581. The van der Waals surface area contributed by atoms with Gasteiger partial charge in [0, 0.05) is 6.04 Å². The molecule has 15 heavy (non-hydrogen) atoms. The predicted molar refractivity (Wildman–Crippen MR) is 68.0 cm³/mol. The molecule has 1 nitrogen and oxygen atoms in total. The van der Waals surface area contributed by atoms with Gasteiger partial charge < -0.3 is 5.32 Å². The van der Waals surface area contributed by atoms with Crippen molar-refractivity contribution in [2.75, 3.05) is 7.05 Å². The van der Waals surface area contributed by atoms with E-state index in [-0.39, 0.29) is 0 Å². The van der Waals surface area contributed by atoms with Gasteiger partial charge >= 0.3 is 0 Å². The van der Waals surface area contributed by atoms with Gasteiger partial charge in [0.25, 0.3) is 0 Å². The van der Waals surface area contributed by atoms with Crippen molar-refractivity contribution in [3.63, 3.8) is 0 Å². The van der Waals surface area contributed by atoms with Crippen LogP contribution in [0.2, 0.25) is 0 Å². The van der Waals surface area contributed by atoms with Crippen LogP contribution in [0.5, 0.6) is 0 Å². The smallest absolute Gasteiger partial charge is 0.0129 e. The topological polar surface area (TPSA) is 12.0 Å². The summed E-state index contributed by atoms with van der Waals surface area (Å²) in [4.78, 5) is 0. The van der Waals surface area contributed by atoms with E-state index in [0.29, 0.717) is 11.5 Å². The molecule has 0 saturated heterocycles. The molecule has 0 heterocycles. The van der Waals surface area contributed by atoms with E-state index in [1.165, 1.54) is 31.3 Å². The zero-order chi connectivity index (χ0) is 11.5. The van der Waals surface area contributed by atoms with Crippen LogP contribution in [0, 0.1) is 11.3 Å². The van der Waals surface area contributed by atoms with Crippen molar-refractivity contribution in [1.82, 2.24) is 5.32 Å². The van der Waals surface area contributed by atoms with Crippen LogP contribution in [-0.2, 0) is 0 Å². The molecule has 0 aromatic rings. The van der Waals surface area contributed by atoms with E-state index in [2.05, 4.69) is 39.7 Å². The van der Waals surface area contributed by atoms with Gasteiger partial charge in [-0.2, -0.15) is 0 Å². The minimum atomic E-state index is 0.581. The molecule has 1 saturated carbocycles. The lowest BCUT2D eigenvalue weighted by molar-refractivity contribution is 0.163. The Labute approximate surface area is 95.3 Å². The lowest BCUT2D eigenvalue weighted by atomic mass is 9.70. The zero-order valence-electron chi connectivity index (χ0n) is 10.9. The van der Waals surface area contributed by atoms with Gasteiger partial charge in [-0.15, -0.1) is 6.58 Å². The molecule has 0 aliphatic heterocycles. The molecule has 1 aliphatic carbocycles. The van der Waals surface area contributed by atoms with Crippen LogP contribution in [0.25, 0.3) is 0 Å². The highest BCUT2D eigenvalue weighted by atomic mass is 14.9. The van der Waals surface area contributed by atoms with Crippen LogP contribution in [0.15, 0.2) is 12.2 Å². The first kappa shape index (κ1) is 12.8. The van der Waals surface area contributed by atoms with E-state index >= 15 is 0 Å². The van der Waals surface area contributed by atoms with E-state index < -0.39 is 0 Å². The fraction of sp³-hybridized carbons (Fsp3) is 0.857. The van der Waals surface area contributed by atoms with Crippen LogP contribution in [0.4, 0.5) is 0 Å². The van der Waals surface area contributed by atoms with Crippen LogP contribution in [0.3, 0.4) is 0 Å². The van der Waals surface area contributed by atoms with Crippen molar-refractivity contribution in [2.45, 2.75) is 58.9 Å². The second-order valence-corrected chi connectivity index (χ2v) is 6.06. The third-order valence-electron chi connectivity index (χ3n) is 3.89. The maximum atomic E-state index is 4.03. The highest BCUT2D eigenvalue weighted by Gasteiger charge is 2.30. The fourth-order valence-electron chi connectivity index (χ4n) is 2.70. The Morgan fingerprint density at radius 3 is 2.33 bits per heavy atom. The van der Waals surface area contributed by atoms with Gasteiger partial charge in [0.2, 0.25) is 0 Å². The average molecular weight is 209 g/mol. The molecular formula is C14H27N. The number of hydrogen-bond donors (Lipinski definition) is 1. The highest BCUT2D eigenvalue weighted by molar-refractivity contribution is 4.96. The normalized spacial score (nSPS) is 23.7. The van der Waals surface area contributed by atoms with Gasteiger partial charge in [0.05, 0.1) is 0 Å². The third kappa shape index (κ3) is 3.98. The molecular weight excluding hydrogens is 182 g/mol. The molecule has 1 unspecified atom stereocenters. The van der Waals surface area contributed by atoms with E-state index in [9.17, 15) is 0 Å². The molecule has 88 valence electrons. The quantitative estimate of drug-likeness (QED) is 0.695. The van der Waals surface area contributed by atoms with E-state index in [1.54, 1.807) is 0 Å². The van der Waals surface area contributed by atoms with Crippen LogP contribution in [0.1, 0.15) is 52.9 Å². The Morgan fingerprint density at radius 1 is 1.40 bits per heavy atom. The maximum absolute atomic E-state index is 4.03. The lowest BCUT2D eigenvalue weighted by Crippen LogP contribution is -2.37. The van der Waals surface area contributed by atoms with Crippen molar-refractivity contribution in [3.8, 4) is 0 Å². The molecule has 0 radical (unpaired) electrons. The van der Waals surface area contributed by atoms with Crippen LogP contribution < -0.4 is 5.32 Å². The molecule has 0 spiro atoms. The SMILES string of the molecule is C=C(C)CC(NC)C1CCC(C)(C)CC1. The average Bonchev–Trinajstić information content (AvgIpc) is 2.14. The lowest BCUT2D eigenvalue weighted by Gasteiger charge is -2.38. The molecule has 0 aromatic heterocycles. The molecule has 1 N–H and O–H groups in total. The Bertz CT molecular complexity index is 207. The van der Waals surface area contributed by atoms with E-state index in [1.807, 2.05) is 0 Å². The van der Waals surface area contributed by atoms with E-state index in [4.69, 9.17) is 0 Å². The second-order valence-electron chi connectivity index (χ2n) is 6.06. The summed E-state index contributed by atoms with van der Waals surface area (Å²) >= 11 is 0. The molecule has 1 rings (SSSR count). The summed E-state index contributed by atoms with van der Waals surface area (Å²) in [7, 11) is 2.09. The standard InChI is InChI=1S/C14H27N/c1-11(2)10-13(15-5)12-6-8-14(3,4)9-7-12/h12-13,15H,1,6-10H2,2-5H3.